The minimum absolute atomic E-state index is 0. The zero-order valence-electron chi connectivity index (χ0n) is 40.9. The van der Waals surface area contributed by atoms with Gasteiger partial charge < -0.3 is 0 Å². The van der Waals surface area contributed by atoms with Gasteiger partial charge >= 0.3 is 68.3 Å². The van der Waals surface area contributed by atoms with E-state index in [1.807, 2.05) is 97.1 Å². The van der Waals surface area contributed by atoms with E-state index >= 15 is 0 Å². The van der Waals surface area contributed by atoms with Gasteiger partial charge in [0.05, 0.1) is 0 Å². The fraction of sp³-hybridized carbons (Fsp3) is 0. The second kappa shape index (κ2) is 32.2. The van der Waals surface area contributed by atoms with Crippen LogP contribution in [-0.2, 0) is 68.3 Å². The van der Waals surface area contributed by atoms with Gasteiger partial charge in [-0.3, -0.25) is 0 Å². The molecule has 0 nitrogen and oxygen atoms in total. The number of rotatable bonds is 8. The third kappa shape index (κ3) is 17.4. The van der Waals surface area contributed by atoms with Crippen LogP contribution >= 0.6 is 0 Å². The van der Waals surface area contributed by atoms with Gasteiger partial charge in [0.2, 0.25) is 0 Å². The molecule has 0 saturated carbocycles. The first-order valence-electron chi connectivity index (χ1n) is 23.9. The molecule has 0 amide bonds. The molecule has 0 aliphatic rings. The van der Waals surface area contributed by atoms with E-state index in [4.69, 9.17) is 0 Å². The third-order valence-electron chi connectivity index (χ3n) is 11.9. The standard InChI is InChI=1S/4C18H12.4Cu/c4*1-3-8-15(9-4-1)17-12-7-13-18(14-17)16-10-5-2-6-11-16;;;;/h4*3-14H;;;;/q4*-2;4*+2. The molecular formula is C72H48Cu4. The van der Waals surface area contributed by atoms with Crippen molar-refractivity contribution >= 4 is 0 Å². The average molecular weight is 1170 g/mol. The topological polar surface area (TPSA) is 0 Å². The summed E-state index contributed by atoms with van der Waals surface area (Å²) in [6.07, 6.45) is 0. The molecule has 0 spiro atoms. The Morgan fingerprint density at radius 3 is 0.342 bits per heavy atom. The molecule has 0 unspecified atom stereocenters. The molecule has 4 heteroatoms. The molecule has 0 N–H and O–H groups in total. The van der Waals surface area contributed by atoms with Crippen molar-refractivity contribution in [2.75, 3.05) is 0 Å². The van der Waals surface area contributed by atoms with Crippen LogP contribution in [0.2, 0.25) is 0 Å². The molecule has 76 heavy (non-hydrogen) atoms. The van der Waals surface area contributed by atoms with Crippen molar-refractivity contribution in [2.45, 2.75) is 0 Å². The summed E-state index contributed by atoms with van der Waals surface area (Å²) in [4.78, 5) is 0. The van der Waals surface area contributed by atoms with Gasteiger partial charge in [0.1, 0.15) is 0 Å². The molecular weight excluding hydrogens is 1120 g/mol. The largest absolute Gasteiger partial charge is 2.00 e. The van der Waals surface area contributed by atoms with Crippen LogP contribution in [0.5, 0.6) is 0 Å². The van der Waals surface area contributed by atoms with E-state index in [1.165, 1.54) is 89.0 Å². The van der Waals surface area contributed by atoms with E-state index in [9.17, 15) is 0 Å². The Labute approximate surface area is 492 Å². The summed E-state index contributed by atoms with van der Waals surface area (Å²) >= 11 is 0. The van der Waals surface area contributed by atoms with E-state index in [0.29, 0.717) is 0 Å². The van der Waals surface area contributed by atoms with Gasteiger partial charge in [-0.2, -0.15) is 243 Å². The molecule has 0 aliphatic carbocycles. The molecule has 0 atom stereocenters. The van der Waals surface area contributed by atoms with Crippen LogP contribution in [0, 0.1) is 48.5 Å². The van der Waals surface area contributed by atoms with Crippen LogP contribution < -0.4 is 0 Å². The maximum Gasteiger partial charge on any atom is 2.00 e. The summed E-state index contributed by atoms with van der Waals surface area (Å²) < 4.78 is 0. The summed E-state index contributed by atoms with van der Waals surface area (Å²) in [6.45, 7) is 0. The molecule has 0 heterocycles. The number of benzene rings is 12. The van der Waals surface area contributed by atoms with Crippen LogP contribution in [-0.4, -0.2) is 0 Å². The normalized spacial score (nSPS) is 9.68. The minimum Gasteiger partial charge on any atom is -0.184 e. The van der Waals surface area contributed by atoms with Crippen molar-refractivity contribution in [1.82, 2.24) is 0 Å². The Morgan fingerprint density at radius 2 is 0.237 bits per heavy atom. The second-order valence-corrected chi connectivity index (χ2v) is 16.6. The summed E-state index contributed by atoms with van der Waals surface area (Å²) in [7, 11) is 0. The Bertz CT molecular complexity index is 2780. The van der Waals surface area contributed by atoms with Gasteiger partial charge in [-0.1, -0.05) is 97.1 Å². The first-order valence-corrected chi connectivity index (χ1v) is 23.9. The zero-order valence-corrected chi connectivity index (χ0v) is 44.7. The fourth-order valence-corrected chi connectivity index (χ4v) is 8.15. The van der Waals surface area contributed by atoms with Gasteiger partial charge in [-0.05, 0) is 44.5 Å². The van der Waals surface area contributed by atoms with Crippen LogP contribution in [0.3, 0.4) is 0 Å². The van der Waals surface area contributed by atoms with E-state index in [2.05, 4.69) is 243 Å². The van der Waals surface area contributed by atoms with E-state index < -0.39 is 0 Å². The zero-order chi connectivity index (χ0) is 48.8. The summed E-state index contributed by atoms with van der Waals surface area (Å²) in [5.74, 6) is 0. The van der Waals surface area contributed by atoms with Gasteiger partial charge in [-0.25, -0.2) is 0 Å². The molecule has 0 bridgehead atoms. The van der Waals surface area contributed by atoms with Crippen molar-refractivity contribution in [1.29, 1.82) is 0 Å². The predicted molar refractivity (Wildman–Crippen MR) is 300 cm³/mol. The average Bonchev–Trinajstić information content (AvgIpc) is 3.50. The molecule has 12 aromatic rings. The monoisotopic (exact) mass is 1160 g/mol. The number of hydrogen-bond donors (Lipinski definition) is 0. The molecule has 0 aliphatic heterocycles. The van der Waals surface area contributed by atoms with Crippen molar-refractivity contribution < 1.29 is 68.3 Å². The van der Waals surface area contributed by atoms with Crippen LogP contribution in [0.4, 0.5) is 0 Å². The van der Waals surface area contributed by atoms with E-state index in [0.717, 1.165) is 0 Å². The molecule has 12 aromatic carbocycles. The Balaban J connectivity index is 0.000000184. The van der Waals surface area contributed by atoms with Crippen LogP contribution in [0.25, 0.3) is 89.0 Å². The maximum absolute atomic E-state index is 3.04. The smallest absolute Gasteiger partial charge is 0.184 e. The van der Waals surface area contributed by atoms with Gasteiger partial charge in [-0.15, -0.1) is 44.5 Å². The first kappa shape index (κ1) is 59.6. The molecule has 0 saturated heterocycles. The number of hydrogen-bond acceptors (Lipinski definition) is 0. The molecule has 0 fully saturated rings. The Hall–Kier alpha value is -7.28. The predicted octanol–water partition coefficient (Wildman–Crippen LogP) is 18.5. The molecule has 4 radical (unpaired) electrons. The Morgan fingerprint density at radius 1 is 0.132 bits per heavy atom. The van der Waals surface area contributed by atoms with E-state index in [-0.39, 0.29) is 68.3 Å². The van der Waals surface area contributed by atoms with Crippen molar-refractivity contribution in [3.63, 3.8) is 0 Å². The summed E-state index contributed by atoms with van der Waals surface area (Å²) in [5, 5.41) is 0. The summed E-state index contributed by atoms with van der Waals surface area (Å²) in [5.41, 5.74) is 19.6. The molecule has 380 valence electrons. The second-order valence-electron chi connectivity index (χ2n) is 16.6. The Kier molecular flexibility index (Phi) is 25.3. The van der Waals surface area contributed by atoms with Gasteiger partial charge in [0, 0.05) is 0 Å². The fourth-order valence-electron chi connectivity index (χ4n) is 8.15. The van der Waals surface area contributed by atoms with Crippen molar-refractivity contribution in [3.05, 3.63) is 340 Å². The maximum atomic E-state index is 3.04. The van der Waals surface area contributed by atoms with Crippen LogP contribution in [0.15, 0.2) is 291 Å². The summed E-state index contributed by atoms with van der Waals surface area (Å²) in [6, 6.07) is 123. The molecule has 0 aromatic heterocycles. The third-order valence-corrected chi connectivity index (χ3v) is 11.9. The van der Waals surface area contributed by atoms with Crippen molar-refractivity contribution in [3.8, 4) is 89.0 Å². The first-order chi connectivity index (χ1) is 35.7. The van der Waals surface area contributed by atoms with Gasteiger partial charge in [0.25, 0.3) is 0 Å². The van der Waals surface area contributed by atoms with Crippen molar-refractivity contribution in [2.24, 2.45) is 0 Å². The van der Waals surface area contributed by atoms with Crippen LogP contribution in [0.1, 0.15) is 0 Å². The SMILES string of the molecule is [Cu+2].[Cu+2].[Cu+2].[Cu+2].[c-]1ccc(-c2cccc(-c3cc[c-]cc3)c2)cc1.[c-]1ccc(-c2cccc(-c3cc[c-]cc3)c2)cc1.[c-]1ccc(-c2cccc(-c3cc[c-]cc3)c2)cc1.[c-]1ccc(-c2cccc(-c3cc[c-]cc3)c2)cc1. The van der Waals surface area contributed by atoms with Gasteiger partial charge in [0.15, 0.2) is 0 Å². The molecule has 12 rings (SSSR count). The minimum atomic E-state index is 0. The van der Waals surface area contributed by atoms with E-state index in [1.54, 1.807) is 0 Å². The quantitative estimate of drug-likeness (QED) is 0.105.